The molecule has 9 amide bonds. The molecule has 0 aromatic heterocycles. The fourth-order valence-corrected chi connectivity index (χ4v) is 19.2. The minimum atomic E-state index is -3.96. The first-order valence-electron chi connectivity index (χ1n) is 51.0. The maximum atomic E-state index is 14.6. The number of carbonyl (C=O) groups is 9. The number of azo groups is 3. The van der Waals surface area contributed by atoms with Crippen LogP contribution < -0.4 is 5.32 Å². The van der Waals surface area contributed by atoms with E-state index in [9.17, 15) is 56.8 Å². The van der Waals surface area contributed by atoms with Crippen molar-refractivity contribution in [2.24, 2.45) is 72.1 Å². The van der Waals surface area contributed by atoms with Gasteiger partial charge in [-0.25, -0.2) is 8.42 Å². The van der Waals surface area contributed by atoms with Crippen LogP contribution in [0.5, 0.6) is 0 Å². The van der Waals surface area contributed by atoms with Gasteiger partial charge in [0.25, 0.3) is 53.2 Å². The van der Waals surface area contributed by atoms with E-state index in [1.54, 1.807) is 119 Å². The normalized spacial score (nSPS) is 17.2. The van der Waals surface area contributed by atoms with Gasteiger partial charge in [0.05, 0.1) is 11.4 Å². The van der Waals surface area contributed by atoms with Crippen LogP contribution in [-0.4, -0.2) is 173 Å². The number of nitrogens with zero attached hydrogens (tertiary/aromatic N) is 13. The highest BCUT2D eigenvalue weighted by atomic mass is 32.2. The van der Waals surface area contributed by atoms with Crippen molar-refractivity contribution in [2.45, 2.75) is 347 Å². The first-order valence-corrected chi connectivity index (χ1v) is 52.4. The monoisotopic (exact) mass is 1870 g/mol. The molecule has 3 heterocycles. The number of nitriles is 1. The number of imide groups is 3. The standard InChI is InChI=1S/C41H62N4O4S.C35H55N5O4.C32H47N5O3/c1-7-13-21-32(10-4)29-44(30-33(11-5)22-14-8-2)50(48,49)38-27-20-19-26-37(38)42-43-40-36(35-24-17-16-18-25-35)28-39(46)45(41(40)47)31-34(12-6)23-15-9-3;1-9-14-17-26(11-3)22-39(23-27(12-4)18-15-10-2)33(42)28-19-16-20-29(21-28)37-38-31-25(8)30(32(41)36-24(6)7)34(43)40(13-5)35(31)44;1-7-12-14-24(9-3)21-36(22-25(10-4)15-13-8-2)30(38)26-16-18-27(19-17-26)34-35-29-23(6)28(20-33)31(39)37(11-5)32(29)40/h16-20,24-28,32-34,40H,7-15,21-23,29-31H2,1-6H3;16,19-21,24,26-27,31H,9-15,17-18,22-23H2,1-8H3,(H,36,41);16-19,24-25,29H,7-15,21-22H2,1-6H3. The van der Waals surface area contributed by atoms with Gasteiger partial charge in [0.1, 0.15) is 27.8 Å². The summed E-state index contributed by atoms with van der Waals surface area (Å²) in [6.45, 7) is 45.1. The topological polar surface area (TPSA) is 317 Å². The van der Waals surface area contributed by atoms with E-state index in [1.165, 1.54) is 23.8 Å². The van der Waals surface area contributed by atoms with Crippen molar-refractivity contribution in [1.29, 1.82) is 5.26 Å². The Morgan fingerprint density at radius 3 is 1.26 bits per heavy atom. The predicted octanol–water partition coefficient (Wildman–Crippen LogP) is 24.7. The van der Waals surface area contributed by atoms with Crippen LogP contribution in [0.4, 0.5) is 17.1 Å². The molecule has 25 nitrogen and oxygen atoms in total. The molecule has 3 aliphatic heterocycles. The van der Waals surface area contributed by atoms with E-state index in [2.05, 4.69) is 138 Å². The van der Waals surface area contributed by atoms with Crippen LogP contribution in [0, 0.1) is 52.8 Å². The number of sulfonamides is 1. The van der Waals surface area contributed by atoms with E-state index >= 15 is 0 Å². The van der Waals surface area contributed by atoms with Gasteiger partial charge in [0.2, 0.25) is 10.0 Å². The highest BCUT2D eigenvalue weighted by Crippen LogP contribution is 2.37. The molecule has 0 fully saturated rings. The maximum absolute atomic E-state index is 14.6. The lowest BCUT2D eigenvalue weighted by molar-refractivity contribution is -0.146. The van der Waals surface area contributed by atoms with E-state index in [1.807, 2.05) is 41.3 Å². The van der Waals surface area contributed by atoms with Gasteiger partial charge in [-0.05, 0) is 199 Å². The lowest BCUT2D eigenvalue weighted by Gasteiger charge is -2.31. The zero-order chi connectivity index (χ0) is 99.0. The molecule has 0 saturated heterocycles. The Morgan fingerprint density at radius 2 is 0.828 bits per heavy atom. The average Bonchev–Trinajstić information content (AvgIpc) is 0.783. The summed E-state index contributed by atoms with van der Waals surface area (Å²) in [6.07, 6.45) is 31.3. The third-order valence-corrected chi connectivity index (χ3v) is 28.4. The minimum Gasteiger partial charge on any atom is -0.350 e. The summed E-state index contributed by atoms with van der Waals surface area (Å²) in [5.41, 5.74) is 3.84. The van der Waals surface area contributed by atoms with Gasteiger partial charge in [-0.2, -0.15) is 40.3 Å². The summed E-state index contributed by atoms with van der Waals surface area (Å²) in [5.74, 6) is -0.954. The highest BCUT2D eigenvalue weighted by molar-refractivity contribution is 7.89. The van der Waals surface area contributed by atoms with Gasteiger partial charge in [0, 0.05) is 87.7 Å². The smallest absolute Gasteiger partial charge is 0.271 e. The zero-order valence-electron chi connectivity index (χ0n) is 85.1. The molecule has 0 radical (unpaired) electrons. The van der Waals surface area contributed by atoms with Crippen LogP contribution in [0.15, 0.2) is 167 Å². The Bertz CT molecular complexity index is 4670. The van der Waals surface area contributed by atoms with Crippen molar-refractivity contribution < 1.29 is 51.6 Å². The Morgan fingerprint density at radius 1 is 0.433 bits per heavy atom. The zero-order valence-corrected chi connectivity index (χ0v) is 85.9. The SMILES string of the molecule is CCCCC(CC)CN(CC(CC)CCCC)C(=O)c1ccc(N=NC2C(=O)N(CC)C(=O)C(C#N)=C2C)cc1.CCCCC(CC)CN(CC(CC)CCCC)C(=O)c1cccc(N=NC2C(=O)N(CC)C(=O)C(C(=O)NC(C)C)=C2C)c1.CCCCC(CC)CN1C(=O)C=C(c2ccccc2)C(N=Nc2ccccc2S(=O)(=O)N(CC(CC)CCCC)CC(CC)CCCC)C1=O. The summed E-state index contributed by atoms with van der Waals surface area (Å²) >= 11 is 0. The Balaban J connectivity index is 0.000000358. The molecule has 26 heteroatoms. The molecule has 1 N–H and O–H groups in total. The minimum absolute atomic E-state index is 0.0211. The van der Waals surface area contributed by atoms with Crippen molar-refractivity contribution in [3.05, 3.63) is 148 Å². The van der Waals surface area contributed by atoms with Crippen LogP contribution in [0.1, 0.15) is 345 Å². The van der Waals surface area contributed by atoms with Crippen LogP contribution in [0.3, 0.4) is 0 Å². The van der Waals surface area contributed by atoms with Gasteiger partial charge in [-0.1, -0.05) is 280 Å². The second-order valence-corrected chi connectivity index (χ2v) is 38.9. The summed E-state index contributed by atoms with van der Waals surface area (Å²) in [5, 5.41) is 38.3. The Labute approximate surface area is 804 Å². The molecule has 134 heavy (non-hydrogen) atoms. The average molecular weight is 1870 g/mol. The molecule has 7 rings (SSSR count). The number of amides is 9. The third-order valence-electron chi connectivity index (χ3n) is 26.6. The molecular formula is C108H164N14O11S. The third kappa shape index (κ3) is 34.4. The number of likely N-dealkylation sites (N-methyl/N-ethyl adjacent to an activating group) is 2. The summed E-state index contributed by atoms with van der Waals surface area (Å²) in [6, 6.07) is 28.5. The molecular weight excluding hydrogens is 1700 g/mol. The number of hydrogen-bond acceptors (Lipinski definition) is 18. The van der Waals surface area contributed by atoms with Crippen LogP contribution in [0.2, 0.25) is 0 Å². The molecule has 4 aromatic carbocycles. The van der Waals surface area contributed by atoms with E-state index < -0.39 is 63.6 Å². The number of unbranched alkanes of at least 4 members (excludes halogenated alkanes) is 7. The van der Waals surface area contributed by atoms with Gasteiger partial charge < -0.3 is 15.1 Å². The molecule has 0 saturated carbocycles. The lowest BCUT2D eigenvalue weighted by Crippen LogP contribution is -2.51. The molecule has 0 aliphatic carbocycles. The summed E-state index contributed by atoms with van der Waals surface area (Å²) < 4.78 is 31.0. The highest BCUT2D eigenvalue weighted by Gasteiger charge is 2.44. The van der Waals surface area contributed by atoms with Gasteiger partial charge in [-0.3, -0.25) is 57.9 Å². The van der Waals surface area contributed by atoms with Crippen LogP contribution in [0.25, 0.3) is 5.57 Å². The molecule has 0 bridgehead atoms. The van der Waals surface area contributed by atoms with E-state index in [4.69, 9.17) is 0 Å². The van der Waals surface area contributed by atoms with Gasteiger partial charge >= 0.3 is 0 Å². The maximum Gasteiger partial charge on any atom is 0.271 e. The van der Waals surface area contributed by atoms with Crippen molar-refractivity contribution in [1.82, 2.24) is 34.1 Å². The fraction of sp³-hybridized carbons (Fsp3) is 0.630. The second kappa shape index (κ2) is 61.3. The predicted molar refractivity (Wildman–Crippen MR) is 538 cm³/mol. The largest absolute Gasteiger partial charge is 0.350 e. The first kappa shape index (κ1) is 115. The molecule has 10 unspecified atom stereocenters. The quantitative estimate of drug-likeness (QED) is 0.0245. The van der Waals surface area contributed by atoms with Crippen LogP contribution in [-0.2, 0) is 43.6 Å². The second-order valence-electron chi connectivity index (χ2n) is 37.0. The molecule has 738 valence electrons. The van der Waals surface area contributed by atoms with E-state index in [0.29, 0.717) is 82.5 Å². The van der Waals surface area contributed by atoms with Crippen LogP contribution >= 0.6 is 0 Å². The fourth-order valence-electron chi connectivity index (χ4n) is 17.5. The molecule has 4 aromatic rings. The first-order chi connectivity index (χ1) is 64.4. The number of rotatable bonds is 57. The Kier molecular flexibility index (Phi) is 52.4. The van der Waals surface area contributed by atoms with Crippen molar-refractivity contribution in [2.75, 3.05) is 58.9 Å². The van der Waals surface area contributed by atoms with E-state index in [0.717, 1.165) is 203 Å². The molecule has 3 aliphatic rings. The van der Waals surface area contributed by atoms with Crippen molar-refractivity contribution >= 4 is 85.8 Å². The molecule has 10 atom stereocenters. The van der Waals surface area contributed by atoms with Gasteiger partial charge in [0.15, 0.2) is 18.1 Å². The number of carbonyl (C=O) groups excluding carboxylic acids is 9. The number of benzene rings is 4. The lowest BCUT2D eigenvalue weighted by atomic mass is 9.92. The summed E-state index contributed by atoms with van der Waals surface area (Å²) in [4.78, 5) is 127. The van der Waals surface area contributed by atoms with E-state index in [-0.39, 0.29) is 81.9 Å². The molecule has 0 spiro atoms. The van der Waals surface area contributed by atoms with Gasteiger partial charge in [-0.15, -0.1) is 0 Å². The number of nitrogens with one attached hydrogen (secondary N) is 1. The number of hydrogen-bond donors (Lipinski definition) is 1. The Hall–Kier alpha value is -9.87. The summed E-state index contributed by atoms with van der Waals surface area (Å²) in [7, 11) is -3.96. The van der Waals surface area contributed by atoms with Crippen molar-refractivity contribution in [3.63, 3.8) is 0 Å². The van der Waals surface area contributed by atoms with Crippen molar-refractivity contribution in [3.8, 4) is 6.07 Å².